The zero-order valence-corrected chi connectivity index (χ0v) is 13.6. The molecule has 1 aromatic heterocycles. The molecule has 0 aliphatic rings. The summed E-state index contributed by atoms with van der Waals surface area (Å²) in [6, 6.07) is 9.11. The Hall–Kier alpha value is -2.87. The van der Waals surface area contributed by atoms with Gasteiger partial charge in [0.2, 0.25) is 5.91 Å². The molecule has 0 spiro atoms. The highest BCUT2D eigenvalue weighted by molar-refractivity contribution is 5.94. The Balaban J connectivity index is 2.04. The highest BCUT2D eigenvalue weighted by Crippen LogP contribution is 2.13. The number of carbonyl (C=O) groups is 1. The van der Waals surface area contributed by atoms with Gasteiger partial charge in [-0.2, -0.15) is 0 Å². The third-order valence-electron chi connectivity index (χ3n) is 3.32. The molecule has 0 bridgehead atoms. The van der Waals surface area contributed by atoms with Crippen LogP contribution in [-0.2, 0) is 11.2 Å². The Morgan fingerprint density at radius 1 is 1.35 bits per heavy atom. The van der Waals surface area contributed by atoms with Gasteiger partial charge in [-0.1, -0.05) is 18.9 Å². The van der Waals surface area contributed by atoms with Crippen molar-refractivity contribution in [3.8, 4) is 12.3 Å². The highest BCUT2D eigenvalue weighted by Gasteiger charge is 2.11. The molecule has 0 atom stereocenters. The largest absolute Gasteiger partial charge is 0.350 e. The lowest BCUT2D eigenvalue weighted by Crippen LogP contribution is -2.31. The quantitative estimate of drug-likeness (QED) is 0.862. The van der Waals surface area contributed by atoms with Crippen molar-refractivity contribution in [1.82, 2.24) is 9.97 Å². The standard InChI is InChI=1S/C18H20N4O/c1-5-14-8-7-9-16(10-14)21-18(23)12-22(4)17-11-15(6-2)19-13(3)20-17/h1,7-11H,6,12H2,2-4H3,(H,21,23). The van der Waals surface area contributed by atoms with E-state index in [1.807, 2.05) is 45.2 Å². The Kier molecular flexibility index (Phi) is 5.32. The van der Waals surface area contributed by atoms with E-state index in [1.165, 1.54) is 0 Å². The van der Waals surface area contributed by atoms with Crippen molar-refractivity contribution in [2.45, 2.75) is 20.3 Å². The van der Waals surface area contributed by atoms with E-state index in [9.17, 15) is 4.79 Å². The number of nitrogens with zero attached hydrogens (tertiary/aromatic N) is 3. The molecule has 0 saturated heterocycles. The predicted molar refractivity (Wildman–Crippen MR) is 92.4 cm³/mol. The third kappa shape index (κ3) is 4.55. The number of terminal acetylenes is 1. The number of amides is 1. The van der Waals surface area contributed by atoms with Crippen molar-refractivity contribution >= 4 is 17.4 Å². The molecule has 0 aliphatic carbocycles. The smallest absolute Gasteiger partial charge is 0.243 e. The molecule has 2 aromatic rings. The monoisotopic (exact) mass is 308 g/mol. The second-order valence-electron chi connectivity index (χ2n) is 5.25. The first-order chi connectivity index (χ1) is 11.0. The van der Waals surface area contributed by atoms with Crippen molar-refractivity contribution in [2.75, 3.05) is 23.8 Å². The minimum absolute atomic E-state index is 0.129. The molecular formula is C18H20N4O. The lowest BCUT2D eigenvalue weighted by molar-refractivity contribution is -0.114. The number of aryl methyl sites for hydroxylation is 2. The molecule has 1 heterocycles. The number of anilines is 2. The predicted octanol–water partition coefficient (Wildman–Crippen LogP) is 2.40. The molecule has 0 aliphatic heterocycles. The highest BCUT2D eigenvalue weighted by atomic mass is 16.2. The van der Waals surface area contributed by atoms with Crippen LogP contribution in [0.5, 0.6) is 0 Å². The summed E-state index contributed by atoms with van der Waals surface area (Å²) < 4.78 is 0. The number of benzene rings is 1. The second-order valence-corrected chi connectivity index (χ2v) is 5.25. The first-order valence-electron chi connectivity index (χ1n) is 7.44. The van der Waals surface area contributed by atoms with Crippen LogP contribution in [0.3, 0.4) is 0 Å². The first-order valence-corrected chi connectivity index (χ1v) is 7.44. The number of hydrogen-bond donors (Lipinski definition) is 1. The van der Waals surface area contributed by atoms with Gasteiger partial charge in [0.1, 0.15) is 11.6 Å². The Morgan fingerprint density at radius 3 is 2.83 bits per heavy atom. The van der Waals surface area contributed by atoms with Crippen LogP contribution >= 0.6 is 0 Å². The van der Waals surface area contributed by atoms with E-state index < -0.39 is 0 Å². The molecule has 5 nitrogen and oxygen atoms in total. The van der Waals surface area contributed by atoms with Crippen molar-refractivity contribution < 1.29 is 4.79 Å². The molecule has 23 heavy (non-hydrogen) atoms. The summed E-state index contributed by atoms with van der Waals surface area (Å²) in [4.78, 5) is 22.7. The maximum Gasteiger partial charge on any atom is 0.243 e. The van der Waals surface area contributed by atoms with Crippen LogP contribution in [0.25, 0.3) is 0 Å². The number of rotatable bonds is 5. The van der Waals surface area contributed by atoms with Gasteiger partial charge >= 0.3 is 0 Å². The maximum atomic E-state index is 12.2. The summed E-state index contributed by atoms with van der Waals surface area (Å²) in [5.74, 6) is 3.86. The minimum Gasteiger partial charge on any atom is -0.350 e. The Labute approximate surface area is 136 Å². The summed E-state index contributed by atoms with van der Waals surface area (Å²) in [6.45, 7) is 4.08. The number of carbonyl (C=O) groups excluding carboxylic acids is 1. The fourth-order valence-electron chi connectivity index (χ4n) is 2.17. The number of aromatic nitrogens is 2. The maximum absolute atomic E-state index is 12.2. The third-order valence-corrected chi connectivity index (χ3v) is 3.32. The van der Waals surface area contributed by atoms with Crippen LogP contribution in [0.1, 0.15) is 24.0 Å². The normalized spacial score (nSPS) is 10.0. The fraction of sp³-hybridized carbons (Fsp3) is 0.278. The van der Waals surface area contributed by atoms with E-state index in [4.69, 9.17) is 6.42 Å². The Bertz CT molecular complexity index is 749. The lowest BCUT2D eigenvalue weighted by atomic mass is 10.2. The van der Waals surface area contributed by atoms with Crippen molar-refractivity contribution in [3.05, 3.63) is 47.4 Å². The summed E-state index contributed by atoms with van der Waals surface area (Å²) in [6.07, 6.45) is 6.19. The van der Waals surface area contributed by atoms with Gasteiger partial charge in [0, 0.05) is 30.1 Å². The van der Waals surface area contributed by atoms with Gasteiger partial charge in [0.05, 0.1) is 6.54 Å². The summed E-state index contributed by atoms with van der Waals surface area (Å²) >= 11 is 0. The molecule has 1 N–H and O–H groups in total. The van der Waals surface area contributed by atoms with E-state index in [0.717, 1.165) is 23.5 Å². The number of likely N-dealkylation sites (N-methyl/N-ethyl adjacent to an activating group) is 1. The van der Waals surface area contributed by atoms with Crippen LogP contribution < -0.4 is 10.2 Å². The molecule has 0 unspecified atom stereocenters. The first kappa shape index (κ1) is 16.5. The zero-order chi connectivity index (χ0) is 16.8. The van der Waals surface area contributed by atoms with Gasteiger partial charge in [-0.15, -0.1) is 6.42 Å². The Morgan fingerprint density at radius 2 is 2.13 bits per heavy atom. The average molecular weight is 308 g/mol. The van der Waals surface area contributed by atoms with Crippen LogP contribution in [0.15, 0.2) is 30.3 Å². The van der Waals surface area contributed by atoms with Gasteiger partial charge < -0.3 is 10.2 Å². The van der Waals surface area contributed by atoms with Crippen LogP contribution in [0.2, 0.25) is 0 Å². The van der Waals surface area contributed by atoms with Crippen molar-refractivity contribution in [1.29, 1.82) is 0 Å². The van der Waals surface area contributed by atoms with E-state index in [-0.39, 0.29) is 12.5 Å². The minimum atomic E-state index is -0.129. The summed E-state index contributed by atoms with van der Waals surface area (Å²) in [5, 5.41) is 2.84. The summed E-state index contributed by atoms with van der Waals surface area (Å²) in [7, 11) is 1.83. The molecule has 0 fully saturated rings. The zero-order valence-electron chi connectivity index (χ0n) is 13.6. The average Bonchev–Trinajstić information content (AvgIpc) is 2.54. The molecular weight excluding hydrogens is 288 g/mol. The van der Waals surface area contributed by atoms with Crippen LogP contribution in [-0.4, -0.2) is 29.5 Å². The molecule has 0 saturated carbocycles. The molecule has 1 amide bonds. The molecule has 5 heteroatoms. The van der Waals surface area contributed by atoms with E-state index in [2.05, 4.69) is 21.2 Å². The van der Waals surface area contributed by atoms with E-state index in [0.29, 0.717) is 11.5 Å². The molecule has 1 aromatic carbocycles. The van der Waals surface area contributed by atoms with Crippen LogP contribution in [0, 0.1) is 19.3 Å². The molecule has 0 radical (unpaired) electrons. The fourth-order valence-corrected chi connectivity index (χ4v) is 2.17. The van der Waals surface area contributed by atoms with Crippen LogP contribution in [0.4, 0.5) is 11.5 Å². The van der Waals surface area contributed by atoms with E-state index >= 15 is 0 Å². The van der Waals surface area contributed by atoms with Gasteiger partial charge in [-0.25, -0.2) is 9.97 Å². The van der Waals surface area contributed by atoms with Gasteiger partial charge in [0.15, 0.2) is 0 Å². The number of hydrogen-bond acceptors (Lipinski definition) is 4. The van der Waals surface area contributed by atoms with Gasteiger partial charge in [0.25, 0.3) is 0 Å². The molecule has 2 rings (SSSR count). The SMILES string of the molecule is C#Cc1cccc(NC(=O)CN(C)c2cc(CC)nc(C)n2)c1. The lowest BCUT2D eigenvalue weighted by Gasteiger charge is -2.18. The van der Waals surface area contributed by atoms with E-state index in [1.54, 1.807) is 11.0 Å². The second kappa shape index (κ2) is 7.41. The number of nitrogens with one attached hydrogen (secondary N) is 1. The van der Waals surface area contributed by atoms with Gasteiger partial charge in [-0.3, -0.25) is 4.79 Å². The molecule has 118 valence electrons. The van der Waals surface area contributed by atoms with Crippen molar-refractivity contribution in [2.24, 2.45) is 0 Å². The summed E-state index contributed by atoms with van der Waals surface area (Å²) in [5.41, 5.74) is 2.38. The van der Waals surface area contributed by atoms with Gasteiger partial charge in [-0.05, 0) is 31.5 Å². The van der Waals surface area contributed by atoms with Crippen molar-refractivity contribution in [3.63, 3.8) is 0 Å². The topological polar surface area (TPSA) is 58.1 Å².